The van der Waals surface area contributed by atoms with E-state index in [-0.39, 0.29) is 10.8 Å². The van der Waals surface area contributed by atoms with Crippen molar-refractivity contribution in [3.05, 3.63) is 88.5 Å². The van der Waals surface area contributed by atoms with Gasteiger partial charge >= 0.3 is 0 Å². The topological polar surface area (TPSA) is 72.2 Å². The first kappa shape index (κ1) is 20.4. The van der Waals surface area contributed by atoms with Crippen molar-refractivity contribution in [3.8, 4) is 22.3 Å². The second kappa shape index (κ2) is 8.08. The Labute approximate surface area is 183 Å². The highest BCUT2D eigenvalue weighted by atomic mass is 79.9. The Morgan fingerprint density at radius 1 is 0.867 bits per heavy atom. The van der Waals surface area contributed by atoms with Gasteiger partial charge in [0.1, 0.15) is 4.47 Å². The molecule has 5 nitrogen and oxygen atoms in total. The largest absolute Gasteiger partial charge is 0.336 e. The molecule has 1 N–H and O–H groups in total. The zero-order valence-corrected chi connectivity index (χ0v) is 18.8. The maximum Gasteiger partial charge on any atom is 0.264 e. The van der Waals surface area contributed by atoms with Crippen molar-refractivity contribution in [3.63, 3.8) is 0 Å². The average Bonchev–Trinajstić information content (AvgIpc) is 3.06. The molecule has 7 heteroatoms. The Kier molecular flexibility index (Phi) is 5.49. The molecule has 0 atom stereocenters. The third-order valence-electron chi connectivity index (χ3n) is 4.83. The van der Waals surface area contributed by atoms with Crippen LogP contribution in [-0.4, -0.2) is 13.6 Å². The van der Waals surface area contributed by atoms with Gasteiger partial charge in [0.2, 0.25) is 0 Å². The van der Waals surface area contributed by atoms with Crippen LogP contribution in [0, 0.1) is 13.8 Å². The Balaban J connectivity index is 1.62. The Morgan fingerprint density at radius 2 is 1.57 bits per heavy atom. The van der Waals surface area contributed by atoms with Crippen LogP contribution in [0.3, 0.4) is 0 Å². The molecule has 4 rings (SSSR count). The van der Waals surface area contributed by atoms with E-state index in [9.17, 15) is 8.42 Å². The third-order valence-corrected chi connectivity index (χ3v) is 7.12. The monoisotopic (exact) mass is 482 g/mol. The molecule has 0 fully saturated rings. The summed E-state index contributed by atoms with van der Waals surface area (Å²) in [5.41, 5.74) is 6.01. The van der Waals surface area contributed by atoms with Crippen molar-refractivity contribution in [1.82, 2.24) is 5.16 Å². The number of hydrogen-bond donors (Lipinski definition) is 1. The molecule has 30 heavy (non-hydrogen) atoms. The van der Waals surface area contributed by atoms with Gasteiger partial charge in [0.15, 0.2) is 0 Å². The van der Waals surface area contributed by atoms with Gasteiger partial charge in [-0.25, -0.2) is 13.1 Å². The fraction of sp³-hybridized carbons (Fsp3) is 0.0870. The molecule has 4 aromatic rings. The van der Waals surface area contributed by atoms with Crippen LogP contribution in [0.5, 0.6) is 0 Å². The van der Waals surface area contributed by atoms with E-state index < -0.39 is 10.0 Å². The molecule has 0 saturated heterocycles. The Hall–Kier alpha value is -2.90. The molecule has 0 aliphatic rings. The highest BCUT2D eigenvalue weighted by Crippen LogP contribution is 2.30. The fourth-order valence-electron chi connectivity index (χ4n) is 3.19. The van der Waals surface area contributed by atoms with Crippen molar-refractivity contribution >= 4 is 31.8 Å². The Morgan fingerprint density at radius 3 is 2.23 bits per heavy atom. The highest BCUT2D eigenvalue weighted by Gasteiger charge is 2.20. The SMILES string of the molecule is Cc1ccccc1-c1cccc(-c2ccc(S(=O)(=O)Nc3onc(C)c3Br)cc2)c1. The van der Waals surface area contributed by atoms with Crippen LogP contribution in [0.15, 0.2) is 86.7 Å². The molecule has 0 saturated carbocycles. The molecular weight excluding hydrogens is 464 g/mol. The summed E-state index contributed by atoms with van der Waals surface area (Å²) in [4.78, 5) is 0.141. The van der Waals surface area contributed by atoms with E-state index in [0.29, 0.717) is 10.2 Å². The van der Waals surface area contributed by atoms with Gasteiger partial charge in [0.05, 0.1) is 10.6 Å². The first-order valence-electron chi connectivity index (χ1n) is 9.26. The summed E-state index contributed by atoms with van der Waals surface area (Å²) in [6.45, 7) is 3.80. The Bertz CT molecular complexity index is 1310. The van der Waals surface area contributed by atoms with Crippen LogP contribution < -0.4 is 4.72 Å². The zero-order chi connectivity index (χ0) is 21.3. The van der Waals surface area contributed by atoms with Gasteiger partial charge in [-0.3, -0.25) is 0 Å². The predicted molar refractivity (Wildman–Crippen MR) is 122 cm³/mol. The second-order valence-electron chi connectivity index (χ2n) is 6.94. The van der Waals surface area contributed by atoms with E-state index in [1.807, 2.05) is 24.3 Å². The molecular formula is C23H19BrN2O3S. The summed E-state index contributed by atoms with van der Waals surface area (Å²) in [5.74, 6) is 0.0579. The minimum Gasteiger partial charge on any atom is -0.336 e. The summed E-state index contributed by atoms with van der Waals surface area (Å²) in [6.07, 6.45) is 0. The molecule has 0 amide bonds. The van der Waals surface area contributed by atoms with Crippen LogP contribution in [0.4, 0.5) is 5.88 Å². The van der Waals surface area contributed by atoms with Crippen LogP contribution in [-0.2, 0) is 10.0 Å². The molecule has 1 aromatic heterocycles. The molecule has 152 valence electrons. The standard InChI is InChI=1S/C23H19BrN2O3S/c1-15-6-3-4-9-21(15)19-8-5-7-18(14-19)17-10-12-20(13-11-17)30(27,28)26-23-22(24)16(2)25-29-23/h3-14,26H,1-2H3. The predicted octanol–water partition coefficient (Wildman–Crippen LogP) is 6.19. The smallest absolute Gasteiger partial charge is 0.264 e. The number of nitrogens with zero attached hydrogens (tertiary/aromatic N) is 1. The molecule has 1 heterocycles. The van der Waals surface area contributed by atoms with Gasteiger partial charge in [-0.1, -0.05) is 59.8 Å². The summed E-state index contributed by atoms with van der Waals surface area (Å²) in [7, 11) is -3.79. The first-order valence-corrected chi connectivity index (χ1v) is 11.5. The number of aromatic nitrogens is 1. The fourth-order valence-corrected chi connectivity index (χ4v) is 4.56. The molecule has 0 aliphatic carbocycles. The van der Waals surface area contributed by atoms with Gasteiger partial charge in [-0.15, -0.1) is 0 Å². The summed E-state index contributed by atoms with van der Waals surface area (Å²) in [6, 6.07) is 23.2. The van der Waals surface area contributed by atoms with Crippen LogP contribution in [0.2, 0.25) is 0 Å². The summed E-state index contributed by atoms with van der Waals surface area (Å²) >= 11 is 3.27. The highest BCUT2D eigenvalue weighted by molar-refractivity contribution is 9.10. The van der Waals surface area contributed by atoms with Gasteiger partial charge in [0.25, 0.3) is 15.9 Å². The minimum atomic E-state index is -3.79. The van der Waals surface area contributed by atoms with E-state index >= 15 is 0 Å². The lowest BCUT2D eigenvalue weighted by atomic mass is 9.96. The van der Waals surface area contributed by atoms with Crippen LogP contribution >= 0.6 is 15.9 Å². The average molecular weight is 483 g/mol. The van der Waals surface area contributed by atoms with Gasteiger partial charge in [0, 0.05) is 0 Å². The molecule has 3 aromatic carbocycles. The molecule has 0 radical (unpaired) electrons. The second-order valence-corrected chi connectivity index (χ2v) is 9.41. The van der Waals surface area contributed by atoms with Crippen molar-refractivity contribution in [1.29, 1.82) is 0 Å². The number of rotatable bonds is 5. The lowest BCUT2D eigenvalue weighted by molar-refractivity contribution is 0.430. The zero-order valence-electron chi connectivity index (χ0n) is 16.4. The maximum atomic E-state index is 12.7. The number of aryl methyl sites for hydroxylation is 2. The number of sulfonamides is 1. The van der Waals surface area contributed by atoms with Crippen molar-refractivity contribution < 1.29 is 12.9 Å². The lowest BCUT2D eigenvalue weighted by Crippen LogP contribution is -2.12. The van der Waals surface area contributed by atoms with E-state index in [1.165, 1.54) is 11.1 Å². The molecule has 0 bridgehead atoms. The van der Waals surface area contributed by atoms with Gasteiger partial charge < -0.3 is 4.52 Å². The van der Waals surface area contributed by atoms with E-state index in [0.717, 1.165) is 16.7 Å². The molecule has 0 aliphatic heterocycles. The number of nitrogens with one attached hydrogen (secondary N) is 1. The maximum absolute atomic E-state index is 12.7. The van der Waals surface area contributed by atoms with Gasteiger partial charge in [-0.05, 0) is 75.8 Å². The van der Waals surface area contributed by atoms with Crippen molar-refractivity contribution in [2.45, 2.75) is 18.7 Å². The van der Waals surface area contributed by atoms with E-state index in [4.69, 9.17) is 4.52 Å². The van der Waals surface area contributed by atoms with Crippen LogP contribution in [0.25, 0.3) is 22.3 Å². The number of halogens is 1. The van der Waals surface area contributed by atoms with Gasteiger partial charge in [-0.2, -0.15) is 0 Å². The van der Waals surface area contributed by atoms with E-state index in [2.05, 4.69) is 57.0 Å². The third kappa shape index (κ3) is 4.04. The molecule has 0 unspecified atom stereocenters. The van der Waals surface area contributed by atoms with Crippen molar-refractivity contribution in [2.75, 3.05) is 4.72 Å². The summed E-state index contributed by atoms with van der Waals surface area (Å²) in [5, 5.41) is 3.74. The number of anilines is 1. The quantitative estimate of drug-likeness (QED) is 0.368. The lowest BCUT2D eigenvalue weighted by Gasteiger charge is -2.10. The van der Waals surface area contributed by atoms with Crippen molar-refractivity contribution in [2.24, 2.45) is 0 Å². The normalized spacial score (nSPS) is 11.4. The first-order chi connectivity index (χ1) is 14.3. The molecule has 0 spiro atoms. The summed E-state index contributed by atoms with van der Waals surface area (Å²) < 4.78 is 33.3. The number of hydrogen-bond acceptors (Lipinski definition) is 4. The minimum absolute atomic E-state index is 0.0579. The number of benzene rings is 3. The van der Waals surface area contributed by atoms with Crippen LogP contribution in [0.1, 0.15) is 11.3 Å². The van der Waals surface area contributed by atoms with E-state index in [1.54, 1.807) is 31.2 Å².